The van der Waals surface area contributed by atoms with Crippen LogP contribution in [0.25, 0.3) is 0 Å². The summed E-state index contributed by atoms with van der Waals surface area (Å²) in [6, 6.07) is 16.8. The van der Waals surface area contributed by atoms with Crippen LogP contribution >= 0.6 is 7.60 Å². The van der Waals surface area contributed by atoms with Crippen LogP contribution in [-0.2, 0) is 13.6 Å². The Balaban J connectivity index is 2.34. The number of nitrogens with one attached hydrogen (secondary N) is 1. The zero-order valence-corrected chi connectivity index (χ0v) is 13.7. The molecule has 0 aliphatic rings. The van der Waals surface area contributed by atoms with Crippen LogP contribution in [-0.4, -0.2) is 21.3 Å². The first kappa shape index (κ1) is 16.6. The smallest absolute Gasteiger partial charge is 0.356 e. The second-order valence-electron chi connectivity index (χ2n) is 4.59. The minimum atomic E-state index is -3.34. The van der Waals surface area contributed by atoms with Crippen molar-refractivity contribution in [2.24, 2.45) is 0 Å². The highest BCUT2D eigenvalue weighted by Gasteiger charge is 2.35. The summed E-state index contributed by atoms with van der Waals surface area (Å²) < 4.78 is 28.3. The van der Waals surface area contributed by atoms with Crippen LogP contribution in [0.2, 0.25) is 0 Å². The maximum absolute atomic E-state index is 12.8. The van der Waals surface area contributed by atoms with Crippen LogP contribution in [0.4, 0.5) is 5.69 Å². The van der Waals surface area contributed by atoms with E-state index >= 15 is 0 Å². The van der Waals surface area contributed by atoms with E-state index in [-0.39, 0.29) is 0 Å². The topological polar surface area (TPSA) is 56.8 Å². The predicted octanol–water partition coefficient (Wildman–Crippen LogP) is 4.29. The van der Waals surface area contributed by atoms with E-state index in [2.05, 4.69) is 5.32 Å². The number of anilines is 1. The summed E-state index contributed by atoms with van der Waals surface area (Å²) in [5.41, 5.74) is 1.62. The maximum atomic E-state index is 12.8. The molecule has 0 fully saturated rings. The van der Waals surface area contributed by atoms with Gasteiger partial charge in [0.1, 0.15) is 5.75 Å². The molecule has 0 radical (unpaired) electrons. The maximum Gasteiger partial charge on any atom is 0.356 e. The van der Waals surface area contributed by atoms with Gasteiger partial charge < -0.3 is 19.1 Å². The predicted molar refractivity (Wildman–Crippen MR) is 87.4 cm³/mol. The standard InChI is InChI=1S/C16H20NO4P/c1-19-15-11-9-14(10-12-15)17-16(22(18,20-2)21-3)13-7-5-4-6-8-13/h4-12,16-17H,1-3H3/t16-/m1/s1. The van der Waals surface area contributed by atoms with E-state index < -0.39 is 13.4 Å². The largest absolute Gasteiger partial charge is 0.497 e. The van der Waals surface area contributed by atoms with Gasteiger partial charge in [-0.25, -0.2) is 0 Å². The molecule has 2 rings (SSSR count). The highest BCUT2D eigenvalue weighted by atomic mass is 31.2. The average molecular weight is 321 g/mol. The third-order valence-corrected chi connectivity index (χ3v) is 5.41. The molecule has 6 heteroatoms. The van der Waals surface area contributed by atoms with Crippen molar-refractivity contribution < 1.29 is 18.3 Å². The fourth-order valence-corrected chi connectivity index (χ4v) is 3.53. The van der Waals surface area contributed by atoms with E-state index in [0.717, 1.165) is 17.0 Å². The number of hydrogen-bond acceptors (Lipinski definition) is 5. The van der Waals surface area contributed by atoms with Gasteiger partial charge in [-0.1, -0.05) is 30.3 Å². The highest BCUT2D eigenvalue weighted by Crippen LogP contribution is 2.59. The van der Waals surface area contributed by atoms with Crippen molar-refractivity contribution in [2.45, 2.75) is 5.78 Å². The quantitative estimate of drug-likeness (QED) is 0.771. The molecule has 0 heterocycles. The van der Waals surface area contributed by atoms with E-state index in [1.165, 1.54) is 14.2 Å². The molecule has 1 N–H and O–H groups in total. The summed E-state index contributed by atoms with van der Waals surface area (Å²) in [5, 5.41) is 3.22. The Bertz CT molecular complexity index is 622. The summed E-state index contributed by atoms with van der Waals surface area (Å²) in [6.45, 7) is 0. The zero-order valence-electron chi connectivity index (χ0n) is 12.9. The van der Waals surface area contributed by atoms with Gasteiger partial charge in [-0.05, 0) is 29.8 Å². The van der Waals surface area contributed by atoms with Crippen LogP contribution in [0.1, 0.15) is 11.3 Å². The van der Waals surface area contributed by atoms with E-state index in [0.29, 0.717) is 0 Å². The third kappa shape index (κ3) is 3.69. The van der Waals surface area contributed by atoms with Crippen molar-refractivity contribution in [3.8, 4) is 5.75 Å². The lowest BCUT2D eigenvalue weighted by Gasteiger charge is -2.26. The van der Waals surface area contributed by atoms with Gasteiger partial charge in [-0.15, -0.1) is 0 Å². The molecule has 0 aliphatic carbocycles. The lowest BCUT2D eigenvalue weighted by atomic mass is 10.2. The third-order valence-electron chi connectivity index (χ3n) is 3.33. The van der Waals surface area contributed by atoms with Gasteiger partial charge in [0.25, 0.3) is 0 Å². The lowest BCUT2D eigenvalue weighted by molar-refractivity contribution is 0.268. The van der Waals surface area contributed by atoms with Gasteiger partial charge in [-0.3, -0.25) is 4.57 Å². The van der Waals surface area contributed by atoms with Crippen LogP contribution in [0.15, 0.2) is 54.6 Å². The van der Waals surface area contributed by atoms with Gasteiger partial charge in [0.2, 0.25) is 0 Å². The number of ether oxygens (including phenoxy) is 1. The second kappa shape index (κ2) is 7.45. The molecule has 0 aromatic heterocycles. The fourth-order valence-electron chi connectivity index (χ4n) is 2.11. The van der Waals surface area contributed by atoms with Crippen LogP contribution in [0, 0.1) is 0 Å². The number of benzene rings is 2. The SMILES string of the molecule is COc1ccc(N[C@@H](c2ccccc2)P(=O)(OC)OC)cc1. The zero-order chi connectivity index (χ0) is 16.0. The van der Waals surface area contributed by atoms with Crippen molar-refractivity contribution in [3.63, 3.8) is 0 Å². The molecule has 0 unspecified atom stereocenters. The first-order chi connectivity index (χ1) is 10.6. The molecule has 0 aliphatic heterocycles. The van der Waals surface area contributed by atoms with Gasteiger partial charge in [-0.2, -0.15) is 0 Å². The van der Waals surface area contributed by atoms with Crippen molar-refractivity contribution in [2.75, 3.05) is 26.6 Å². The Labute approximate surface area is 130 Å². The normalized spacial score (nSPS) is 12.7. The summed E-state index contributed by atoms with van der Waals surface area (Å²) in [6.07, 6.45) is 0. The van der Waals surface area contributed by atoms with Gasteiger partial charge >= 0.3 is 7.60 Å². The number of methoxy groups -OCH3 is 1. The highest BCUT2D eigenvalue weighted by molar-refractivity contribution is 7.54. The Morgan fingerprint density at radius 1 is 0.909 bits per heavy atom. The second-order valence-corrected chi connectivity index (χ2v) is 6.92. The molecule has 2 aromatic carbocycles. The Morgan fingerprint density at radius 2 is 1.50 bits per heavy atom. The molecule has 1 atom stereocenters. The summed E-state index contributed by atoms with van der Waals surface area (Å²) >= 11 is 0. The van der Waals surface area contributed by atoms with Crippen LogP contribution < -0.4 is 10.1 Å². The molecule has 0 bridgehead atoms. The van der Waals surface area contributed by atoms with Crippen molar-refractivity contribution in [1.29, 1.82) is 0 Å². The number of hydrogen-bond donors (Lipinski definition) is 1. The summed E-state index contributed by atoms with van der Waals surface area (Å²) in [5.74, 6) is 0.153. The Morgan fingerprint density at radius 3 is 2.00 bits per heavy atom. The van der Waals surface area contributed by atoms with Crippen molar-refractivity contribution in [1.82, 2.24) is 0 Å². The molecule has 0 saturated carbocycles. The van der Waals surface area contributed by atoms with Gasteiger partial charge in [0.05, 0.1) is 7.11 Å². The van der Waals surface area contributed by atoms with E-state index in [4.69, 9.17) is 13.8 Å². The molecule has 0 saturated heterocycles. The first-order valence-corrected chi connectivity index (χ1v) is 8.41. The summed E-state index contributed by atoms with van der Waals surface area (Å²) in [4.78, 5) is 0. The van der Waals surface area contributed by atoms with Crippen LogP contribution in [0.3, 0.4) is 0 Å². The molecule has 0 amide bonds. The number of rotatable bonds is 7. The van der Waals surface area contributed by atoms with E-state index in [1.54, 1.807) is 7.11 Å². The molecular weight excluding hydrogens is 301 g/mol. The van der Waals surface area contributed by atoms with Gasteiger partial charge in [0, 0.05) is 19.9 Å². The van der Waals surface area contributed by atoms with Crippen molar-refractivity contribution >= 4 is 13.3 Å². The molecule has 118 valence electrons. The van der Waals surface area contributed by atoms with Crippen LogP contribution in [0.5, 0.6) is 5.75 Å². The molecule has 0 spiro atoms. The monoisotopic (exact) mass is 321 g/mol. The van der Waals surface area contributed by atoms with Crippen molar-refractivity contribution in [3.05, 3.63) is 60.2 Å². The van der Waals surface area contributed by atoms with Gasteiger partial charge in [0.15, 0.2) is 5.78 Å². The molecule has 2 aromatic rings. The Hall–Kier alpha value is -1.81. The Kier molecular flexibility index (Phi) is 5.61. The lowest BCUT2D eigenvalue weighted by Crippen LogP contribution is -2.13. The minimum absolute atomic E-state index is 0.600. The molecular formula is C16H20NO4P. The average Bonchev–Trinajstić information content (AvgIpc) is 2.60. The van der Waals surface area contributed by atoms with E-state index in [1.807, 2.05) is 54.6 Å². The fraction of sp³-hybridized carbons (Fsp3) is 0.250. The van der Waals surface area contributed by atoms with E-state index in [9.17, 15) is 4.57 Å². The summed E-state index contributed by atoms with van der Waals surface area (Å²) in [7, 11) is 1.04. The minimum Gasteiger partial charge on any atom is -0.497 e. The molecule has 22 heavy (non-hydrogen) atoms. The molecule has 5 nitrogen and oxygen atoms in total. The first-order valence-electron chi connectivity index (χ1n) is 6.79.